The highest BCUT2D eigenvalue weighted by Crippen LogP contribution is 2.24. The van der Waals surface area contributed by atoms with E-state index in [2.05, 4.69) is 70.2 Å². The van der Waals surface area contributed by atoms with E-state index in [0.29, 0.717) is 16.1 Å². The van der Waals surface area contributed by atoms with Crippen LogP contribution in [0.1, 0.15) is 11.1 Å². The molecule has 206 valence electrons. The molecule has 1 aliphatic rings. The SMILES string of the molecule is CN(C)CCN(Cc1ccccc1)c1cc(Cl)nc(SCC(=O)N2CCN(CC=Cc3ccccc3)CC2)n1. The van der Waals surface area contributed by atoms with E-state index in [9.17, 15) is 4.79 Å². The zero-order valence-corrected chi connectivity index (χ0v) is 24.3. The van der Waals surface area contributed by atoms with Crippen LogP contribution in [0, 0.1) is 0 Å². The van der Waals surface area contributed by atoms with Gasteiger partial charge in [0, 0.05) is 58.4 Å². The summed E-state index contributed by atoms with van der Waals surface area (Å²) in [5.41, 5.74) is 2.40. The minimum Gasteiger partial charge on any atom is -0.351 e. The van der Waals surface area contributed by atoms with E-state index in [-0.39, 0.29) is 5.91 Å². The van der Waals surface area contributed by atoms with Crippen LogP contribution < -0.4 is 4.90 Å². The van der Waals surface area contributed by atoms with E-state index in [0.717, 1.165) is 58.2 Å². The van der Waals surface area contributed by atoms with Crippen LogP contribution in [0.25, 0.3) is 6.08 Å². The topological polar surface area (TPSA) is 55.8 Å². The Morgan fingerprint density at radius 2 is 1.67 bits per heavy atom. The Labute approximate surface area is 241 Å². The number of nitrogens with zero attached hydrogens (tertiary/aromatic N) is 6. The van der Waals surface area contributed by atoms with Gasteiger partial charge in [-0.15, -0.1) is 0 Å². The number of carbonyl (C=O) groups excluding carboxylic acids is 1. The van der Waals surface area contributed by atoms with Crippen molar-refractivity contribution in [1.29, 1.82) is 0 Å². The summed E-state index contributed by atoms with van der Waals surface area (Å²) in [4.78, 5) is 30.8. The molecule has 1 amide bonds. The zero-order chi connectivity index (χ0) is 27.5. The van der Waals surface area contributed by atoms with Crippen LogP contribution in [0.15, 0.2) is 78.0 Å². The summed E-state index contributed by atoms with van der Waals surface area (Å²) < 4.78 is 0. The maximum atomic E-state index is 13.0. The lowest BCUT2D eigenvalue weighted by Crippen LogP contribution is -2.49. The fourth-order valence-corrected chi connectivity index (χ4v) is 5.29. The first-order valence-electron chi connectivity index (χ1n) is 13.3. The second-order valence-corrected chi connectivity index (χ2v) is 11.2. The summed E-state index contributed by atoms with van der Waals surface area (Å²) in [6.07, 6.45) is 4.34. The molecule has 1 aromatic heterocycles. The largest absolute Gasteiger partial charge is 0.351 e. The molecule has 1 saturated heterocycles. The molecule has 39 heavy (non-hydrogen) atoms. The summed E-state index contributed by atoms with van der Waals surface area (Å²) in [6.45, 7) is 6.48. The van der Waals surface area contributed by atoms with E-state index >= 15 is 0 Å². The van der Waals surface area contributed by atoms with Gasteiger partial charge in [-0.3, -0.25) is 9.69 Å². The van der Waals surface area contributed by atoms with Gasteiger partial charge in [-0.2, -0.15) is 0 Å². The number of likely N-dealkylation sites (N-methyl/N-ethyl adjacent to an activating group) is 1. The van der Waals surface area contributed by atoms with Crippen LogP contribution in [0.5, 0.6) is 0 Å². The fraction of sp³-hybridized carbons (Fsp3) is 0.367. The number of rotatable bonds is 12. The molecule has 0 aliphatic carbocycles. The molecule has 0 unspecified atom stereocenters. The van der Waals surface area contributed by atoms with Crippen LogP contribution in [-0.2, 0) is 11.3 Å². The lowest BCUT2D eigenvalue weighted by molar-refractivity contribution is -0.130. The Kier molecular flexibility index (Phi) is 11.2. The summed E-state index contributed by atoms with van der Waals surface area (Å²) in [5, 5.41) is 0.911. The predicted octanol–water partition coefficient (Wildman–Crippen LogP) is 4.65. The van der Waals surface area contributed by atoms with Crippen LogP contribution in [-0.4, -0.2) is 96.2 Å². The normalized spacial score (nSPS) is 14.3. The first kappa shape index (κ1) is 29.1. The summed E-state index contributed by atoms with van der Waals surface area (Å²) in [5.74, 6) is 1.18. The van der Waals surface area contributed by atoms with Crippen molar-refractivity contribution in [3.05, 3.63) is 89.1 Å². The quantitative estimate of drug-likeness (QED) is 0.180. The summed E-state index contributed by atoms with van der Waals surface area (Å²) in [6, 6.07) is 22.4. The Morgan fingerprint density at radius 1 is 0.974 bits per heavy atom. The number of amides is 1. The molecule has 1 aliphatic heterocycles. The van der Waals surface area contributed by atoms with Gasteiger partial charge < -0.3 is 14.7 Å². The van der Waals surface area contributed by atoms with Crippen molar-refractivity contribution in [3.63, 3.8) is 0 Å². The number of thioether (sulfide) groups is 1. The second kappa shape index (κ2) is 15.0. The number of hydrogen-bond acceptors (Lipinski definition) is 7. The molecule has 0 N–H and O–H groups in total. The number of benzene rings is 2. The van der Waals surface area contributed by atoms with E-state index in [4.69, 9.17) is 16.6 Å². The number of anilines is 1. The van der Waals surface area contributed by atoms with Gasteiger partial charge in [-0.1, -0.05) is 96.2 Å². The molecule has 9 heteroatoms. The van der Waals surface area contributed by atoms with Gasteiger partial charge in [0.1, 0.15) is 11.0 Å². The lowest BCUT2D eigenvalue weighted by Gasteiger charge is -2.34. The van der Waals surface area contributed by atoms with Crippen molar-refractivity contribution in [1.82, 2.24) is 24.7 Å². The Morgan fingerprint density at radius 3 is 2.36 bits per heavy atom. The first-order chi connectivity index (χ1) is 19.0. The number of aromatic nitrogens is 2. The molecule has 7 nitrogen and oxygen atoms in total. The molecular weight excluding hydrogens is 528 g/mol. The number of halogens is 1. The molecule has 0 bridgehead atoms. The van der Waals surface area contributed by atoms with Crippen LogP contribution in [0.4, 0.5) is 5.82 Å². The third kappa shape index (κ3) is 9.65. The molecule has 2 heterocycles. The third-order valence-electron chi connectivity index (χ3n) is 6.54. The predicted molar refractivity (Wildman–Crippen MR) is 162 cm³/mol. The van der Waals surface area contributed by atoms with Gasteiger partial charge in [0.05, 0.1) is 5.75 Å². The molecule has 2 aromatic carbocycles. The summed E-state index contributed by atoms with van der Waals surface area (Å²) >= 11 is 7.76. The molecule has 4 rings (SSSR count). The maximum Gasteiger partial charge on any atom is 0.233 e. The first-order valence-corrected chi connectivity index (χ1v) is 14.7. The Balaban J connectivity index is 1.30. The summed E-state index contributed by atoms with van der Waals surface area (Å²) in [7, 11) is 4.11. The van der Waals surface area contributed by atoms with E-state index < -0.39 is 0 Å². The Bertz CT molecular complexity index is 1200. The second-order valence-electron chi connectivity index (χ2n) is 9.82. The minimum absolute atomic E-state index is 0.110. The van der Waals surface area contributed by atoms with Crippen molar-refractivity contribution in [2.45, 2.75) is 11.7 Å². The average molecular weight is 565 g/mol. The van der Waals surface area contributed by atoms with Crippen molar-refractivity contribution in [2.75, 3.05) is 70.6 Å². The van der Waals surface area contributed by atoms with Gasteiger partial charge in [-0.25, -0.2) is 9.97 Å². The highest BCUT2D eigenvalue weighted by molar-refractivity contribution is 7.99. The minimum atomic E-state index is 0.110. The van der Waals surface area contributed by atoms with Gasteiger partial charge in [0.2, 0.25) is 5.91 Å². The number of carbonyl (C=O) groups is 1. The Hall–Kier alpha value is -2.91. The van der Waals surface area contributed by atoms with E-state index in [1.54, 1.807) is 6.07 Å². The van der Waals surface area contributed by atoms with Crippen molar-refractivity contribution in [3.8, 4) is 0 Å². The smallest absolute Gasteiger partial charge is 0.233 e. The monoisotopic (exact) mass is 564 g/mol. The average Bonchev–Trinajstić information content (AvgIpc) is 2.95. The van der Waals surface area contributed by atoms with Crippen molar-refractivity contribution in [2.24, 2.45) is 0 Å². The van der Waals surface area contributed by atoms with E-state index in [1.807, 2.05) is 41.3 Å². The molecule has 0 spiro atoms. The zero-order valence-electron chi connectivity index (χ0n) is 22.7. The fourth-order valence-electron chi connectivity index (χ4n) is 4.31. The van der Waals surface area contributed by atoms with Gasteiger partial charge in [0.25, 0.3) is 0 Å². The highest BCUT2D eigenvalue weighted by atomic mass is 35.5. The maximum absolute atomic E-state index is 13.0. The molecule has 0 atom stereocenters. The lowest BCUT2D eigenvalue weighted by atomic mass is 10.2. The van der Waals surface area contributed by atoms with Crippen molar-refractivity contribution < 1.29 is 4.79 Å². The van der Waals surface area contributed by atoms with Gasteiger partial charge >= 0.3 is 0 Å². The highest BCUT2D eigenvalue weighted by Gasteiger charge is 2.21. The van der Waals surface area contributed by atoms with Gasteiger partial charge in [-0.05, 0) is 25.2 Å². The van der Waals surface area contributed by atoms with Crippen molar-refractivity contribution >= 4 is 41.2 Å². The number of piperazine rings is 1. The van der Waals surface area contributed by atoms with Crippen LogP contribution in [0.2, 0.25) is 5.15 Å². The molecule has 1 fully saturated rings. The van der Waals surface area contributed by atoms with E-state index in [1.165, 1.54) is 22.9 Å². The third-order valence-corrected chi connectivity index (χ3v) is 7.57. The molecule has 0 saturated carbocycles. The number of hydrogen-bond donors (Lipinski definition) is 0. The molecule has 3 aromatic rings. The van der Waals surface area contributed by atoms with Crippen LogP contribution in [0.3, 0.4) is 0 Å². The molecular formula is C30H37ClN6OS. The van der Waals surface area contributed by atoms with Gasteiger partial charge in [0.15, 0.2) is 5.16 Å². The van der Waals surface area contributed by atoms with Crippen LogP contribution >= 0.6 is 23.4 Å². The molecule has 0 radical (unpaired) electrons. The standard InChI is InChI=1S/C30H37ClN6OS/c1-34(2)16-19-37(23-26-12-7-4-8-13-26)28-22-27(31)32-30(33-28)39-24-29(38)36-20-17-35(18-21-36)15-9-14-25-10-5-3-6-11-25/h3-14,22H,15-21,23-24H2,1-2H3.